The van der Waals surface area contributed by atoms with Crippen molar-refractivity contribution in [3.8, 4) is 5.69 Å². The van der Waals surface area contributed by atoms with Crippen molar-refractivity contribution in [1.82, 2.24) is 9.55 Å². The number of hydrogen-bond acceptors (Lipinski definition) is 4. The summed E-state index contributed by atoms with van der Waals surface area (Å²) in [7, 11) is 0. The van der Waals surface area contributed by atoms with E-state index in [0.717, 1.165) is 0 Å². The molecule has 0 atom stereocenters. The van der Waals surface area contributed by atoms with Gasteiger partial charge < -0.3 is 9.72 Å². The van der Waals surface area contributed by atoms with Gasteiger partial charge in [-0.2, -0.15) is 0 Å². The first-order chi connectivity index (χ1) is 11.1. The molecular formula is C17H14N2O3S. The number of nitrogens with one attached hydrogen (secondary N) is 1. The number of carbonyl (C=O) groups is 1. The number of esters is 1. The molecule has 3 rings (SSSR count). The summed E-state index contributed by atoms with van der Waals surface area (Å²) < 4.78 is 6.61. The molecule has 1 N–H and O–H groups in total. The number of benzene rings is 2. The number of hydrogen-bond donors (Lipinski definition) is 1. The Balaban J connectivity index is 2.32. The van der Waals surface area contributed by atoms with Crippen molar-refractivity contribution in [2.24, 2.45) is 0 Å². The van der Waals surface area contributed by atoms with Gasteiger partial charge in [-0.05, 0) is 43.4 Å². The van der Waals surface area contributed by atoms with Gasteiger partial charge in [0.1, 0.15) is 0 Å². The van der Waals surface area contributed by atoms with Gasteiger partial charge in [-0.15, -0.1) is 0 Å². The number of nitrogens with zero attached hydrogens (tertiary/aromatic N) is 1. The Morgan fingerprint density at radius 3 is 2.65 bits per heavy atom. The van der Waals surface area contributed by atoms with Crippen molar-refractivity contribution in [3.63, 3.8) is 0 Å². The third-order valence-electron chi connectivity index (χ3n) is 3.45. The Hall–Kier alpha value is -2.73. The maximum Gasteiger partial charge on any atom is 0.340 e. The lowest BCUT2D eigenvalue weighted by Crippen LogP contribution is -2.23. The minimum Gasteiger partial charge on any atom is -0.462 e. The van der Waals surface area contributed by atoms with Crippen molar-refractivity contribution in [1.29, 1.82) is 0 Å². The number of ether oxygens (including phenoxy) is 1. The van der Waals surface area contributed by atoms with Gasteiger partial charge in [-0.3, -0.25) is 9.36 Å². The van der Waals surface area contributed by atoms with Crippen LogP contribution in [0.3, 0.4) is 0 Å². The molecule has 0 radical (unpaired) electrons. The monoisotopic (exact) mass is 326 g/mol. The van der Waals surface area contributed by atoms with E-state index in [1.165, 1.54) is 4.57 Å². The molecule has 5 nitrogen and oxygen atoms in total. The molecule has 0 bridgehead atoms. The van der Waals surface area contributed by atoms with E-state index in [1.807, 2.05) is 6.07 Å². The molecule has 0 aliphatic carbocycles. The molecule has 0 unspecified atom stereocenters. The van der Waals surface area contributed by atoms with E-state index >= 15 is 0 Å². The van der Waals surface area contributed by atoms with Gasteiger partial charge in [0.15, 0.2) is 4.77 Å². The van der Waals surface area contributed by atoms with Crippen LogP contribution in [0.5, 0.6) is 0 Å². The Kier molecular flexibility index (Phi) is 4.08. The summed E-state index contributed by atoms with van der Waals surface area (Å²) in [6, 6.07) is 13.9. The van der Waals surface area contributed by atoms with E-state index in [2.05, 4.69) is 4.98 Å². The molecule has 0 saturated carbocycles. The summed E-state index contributed by atoms with van der Waals surface area (Å²) in [5.74, 6) is -0.488. The normalized spacial score (nSPS) is 10.7. The third-order valence-corrected chi connectivity index (χ3v) is 3.73. The average Bonchev–Trinajstić information content (AvgIpc) is 2.55. The lowest BCUT2D eigenvalue weighted by molar-refractivity contribution is 0.0526. The second-order valence-electron chi connectivity index (χ2n) is 4.85. The van der Waals surface area contributed by atoms with Crippen LogP contribution in [0.4, 0.5) is 0 Å². The highest BCUT2D eigenvalue weighted by molar-refractivity contribution is 7.71. The van der Waals surface area contributed by atoms with Gasteiger partial charge in [0.25, 0.3) is 5.56 Å². The zero-order valence-corrected chi connectivity index (χ0v) is 13.2. The maximum absolute atomic E-state index is 12.8. The summed E-state index contributed by atoms with van der Waals surface area (Å²) in [5, 5.41) is 0.500. The number of aromatic amines is 1. The van der Waals surface area contributed by atoms with E-state index < -0.39 is 5.97 Å². The second kappa shape index (κ2) is 6.18. The molecule has 0 spiro atoms. The van der Waals surface area contributed by atoms with Gasteiger partial charge in [-0.25, -0.2) is 4.79 Å². The largest absolute Gasteiger partial charge is 0.462 e. The summed E-state index contributed by atoms with van der Waals surface area (Å²) in [5.41, 5.74) is 1.09. The fourth-order valence-electron chi connectivity index (χ4n) is 2.43. The molecule has 0 aliphatic rings. The predicted molar refractivity (Wildman–Crippen MR) is 90.7 cm³/mol. The van der Waals surface area contributed by atoms with E-state index in [9.17, 15) is 9.59 Å². The molecule has 0 saturated heterocycles. The molecule has 0 aliphatic heterocycles. The summed E-state index contributed by atoms with van der Waals surface area (Å²) in [6.07, 6.45) is 0. The smallest absolute Gasteiger partial charge is 0.340 e. The standard InChI is InChI=1S/C17H14N2O3S/c1-2-22-16(21)12-8-4-6-10-14(12)19-15(20)11-7-3-5-9-13(11)18-17(19)23/h3-10H,2H2,1H3,(H,18,23). The first-order valence-corrected chi connectivity index (χ1v) is 7.55. The molecule has 116 valence electrons. The van der Waals surface area contributed by atoms with Crippen molar-refractivity contribution in [2.75, 3.05) is 6.61 Å². The highest BCUT2D eigenvalue weighted by atomic mass is 32.1. The summed E-state index contributed by atoms with van der Waals surface area (Å²) in [6.45, 7) is 1.99. The minimum atomic E-state index is -0.488. The van der Waals surface area contributed by atoms with Crippen molar-refractivity contribution >= 4 is 29.1 Å². The van der Waals surface area contributed by atoms with E-state index in [1.54, 1.807) is 49.4 Å². The summed E-state index contributed by atoms with van der Waals surface area (Å²) in [4.78, 5) is 28.0. The molecule has 6 heteroatoms. The van der Waals surface area contributed by atoms with Crippen molar-refractivity contribution in [3.05, 3.63) is 69.2 Å². The highest BCUT2D eigenvalue weighted by Gasteiger charge is 2.16. The fourth-order valence-corrected chi connectivity index (χ4v) is 2.72. The van der Waals surface area contributed by atoms with E-state index in [-0.39, 0.29) is 16.9 Å². The average molecular weight is 326 g/mol. The van der Waals surface area contributed by atoms with E-state index in [4.69, 9.17) is 17.0 Å². The third kappa shape index (κ3) is 2.68. The van der Waals surface area contributed by atoms with Crippen LogP contribution in [0.25, 0.3) is 16.6 Å². The Morgan fingerprint density at radius 1 is 1.17 bits per heavy atom. The number of H-pyrrole nitrogens is 1. The van der Waals surface area contributed by atoms with Crippen LogP contribution in [-0.2, 0) is 4.74 Å². The van der Waals surface area contributed by atoms with Gasteiger partial charge >= 0.3 is 5.97 Å². The topological polar surface area (TPSA) is 64.1 Å². The molecule has 23 heavy (non-hydrogen) atoms. The number of para-hydroxylation sites is 2. The molecule has 1 aromatic heterocycles. The first-order valence-electron chi connectivity index (χ1n) is 7.14. The zero-order valence-electron chi connectivity index (χ0n) is 12.4. The Labute approximate surface area is 137 Å². The maximum atomic E-state index is 12.8. The number of aromatic nitrogens is 2. The number of rotatable bonds is 3. The first kappa shape index (κ1) is 15.2. The van der Waals surface area contributed by atoms with Crippen LogP contribution in [-0.4, -0.2) is 22.1 Å². The number of fused-ring (bicyclic) bond motifs is 1. The number of carbonyl (C=O) groups excluding carboxylic acids is 1. The van der Waals surface area contributed by atoms with Crippen LogP contribution in [0.2, 0.25) is 0 Å². The van der Waals surface area contributed by atoms with Crippen LogP contribution in [0.15, 0.2) is 53.3 Å². The SMILES string of the molecule is CCOC(=O)c1ccccc1-n1c(=S)[nH]c2ccccc2c1=O. The van der Waals surface area contributed by atoms with Crippen LogP contribution < -0.4 is 5.56 Å². The minimum absolute atomic E-state index is 0.227. The van der Waals surface area contributed by atoms with Crippen LogP contribution in [0, 0.1) is 4.77 Å². The zero-order chi connectivity index (χ0) is 16.4. The van der Waals surface area contributed by atoms with Crippen molar-refractivity contribution in [2.45, 2.75) is 6.92 Å². The van der Waals surface area contributed by atoms with E-state index in [0.29, 0.717) is 22.2 Å². The quantitative estimate of drug-likeness (QED) is 0.593. The molecular weight excluding hydrogens is 312 g/mol. The van der Waals surface area contributed by atoms with Gasteiger partial charge in [0.2, 0.25) is 0 Å². The van der Waals surface area contributed by atoms with Gasteiger partial charge in [0, 0.05) is 0 Å². The second-order valence-corrected chi connectivity index (χ2v) is 5.24. The fraction of sp³-hybridized carbons (Fsp3) is 0.118. The Bertz CT molecular complexity index is 1000. The summed E-state index contributed by atoms with van der Waals surface area (Å²) >= 11 is 5.32. The van der Waals surface area contributed by atoms with Crippen LogP contribution in [0.1, 0.15) is 17.3 Å². The Morgan fingerprint density at radius 2 is 1.87 bits per heavy atom. The molecule has 3 aromatic rings. The van der Waals surface area contributed by atoms with Crippen LogP contribution >= 0.6 is 12.2 Å². The lowest BCUT2D eigenvalue weighted by atomic mass is 10.1. The highest BCUT2D eigenvalue weighted by Crippen LogP contribution is 2.16. The molecule has 0 amide bonds. The van der Waals surface area contributed by atoms with Gasteiger partial charge in [-0.1, -0.05) is 24.3 Å². The molecule has 1 heterocycles. The predicted octanol–water partition coefficient (Wildman–Crippen LogP) is 3.22. The molecule has 2 aromatic carbocycles. The molecule has 0 fully saturated rings. The van der Waals surface area contributed by atoms with Gasteiger partial charge in [0.05, 0.1) is 28.8 Å². The van der Waals surface area contributed by atoms with Crippen molar-refractivity contribution < 1.29 is 9.53 Å². The lowest BCUT2D eigenvalue weighted by Gasteiger charge is -2.12.